The lowest BCUT2D eigenvalue weighted by Crippen LogP contribution is -2.41. The van der Waals surface area contributed by atoms with Gasteiger partial charge in [0.1, 0.15) is 6.07 Å². The number of piperidine rings is 1. The monoisotopic (exact) mass is 228 g/mol. The minimum absolute atomic E-state index is 0.541. The maximum absolute atomic E-state index is 9.25. The van der Waals surface area contributed by atoms with Crippen LogP contribution in [0.15, 0.2) is 18.2 Å². The van der Waals surface area contributed by atoms with Gasteiger partial charge in [-0.15, -0.1) is 0 Å². The Morgan fingerprint density at radius 2 is 2.06 bits per heavy atom. The topological polar surface area (TPSA) is 27.0 Å². The molecule has 2 nitrogen and oxygen atoms in total. The van der Waals surface area contributed by atoms with Gasteiger partial charge in [0.2, 0.25) is 0 Å². The van der Waals surface area contributed by atoms with E-state index in [0.29, 0.717) is 6.04 Å². The molecule has 0 radical (unpaired) electrons. The van der Waals surface area contributed by atoms with Gasteiger partial charge in [0, 0.05) is 12.6 Å². The number of benzene rings is 1. The second-order valence-corrected chi connectivity index (χ2v) is 5.27. The van der Waals surface area contributed by atoms with Crippen molar-refractivity contribution in [1.29, 1.82) is 5.26 Å². The number of hydrogen-bond acceptors (Lipinski definition) is 2. The maximum Gasteiger partial charge on any atom is 0.101 e. The van der Waals surface area contributed by atoms with Crippen LogP contribution >= 0.6 is 0 Å². The standard InChI is InChI=1S/C15H20N2/c1-11-7-8-13(3)17(10-11)15-12(2)5-4-6-14(15)9-16/h4-6,11,13H,7-8,10H2,1-3H3. The van der Waals surface area contributed by atoms with E-state index >= 15 is 0 Å². The summed E-state index contributed by atoms with van der Waals surface area (Å²) >= 11 is 0. The van der Waals surface area contributed by atoms with Crippen LogP contribution in [-0.2, 0) is 0 Å². The Bertz CT molecular complexity index is 445. The van der Waals surface area contributed by atoms with E-state index in [4.69, 9.17) is 0 Å². The van der Waals surface area contributed by atoms with E-state index < -0.39 is 0 Å². The second-order valence-electron chi connectivity index (χ2n) is 5.27. The molecule has 0 spiro atoms. The van der Waals surface area contributed by atoms with E-state index in [9.17, 15) is 5.26 Å². The van der Waals surface area contributed by atoms with E-state index in [0.717, 1.165) is 23.7 Å². The molecule has 1 aliphatic heterocycles. The minimum Gasteiger partial charge on any atom is -0.367 e. The zero-order chi connectivity index (χ0) is 12.4. The van der Waals surface area contributed by atoms with Crippen molar-refractivity contribution >= 4 is 5.69 Å². The van der Waals surface area contributed by atoms with E-state index in [1.54, 1.807) is 0 Å². The van der Waals surface area contributed by atoms with Crippen LogP contribution in [0.25, 0.3) is 0 Å². The molecule has 2 atom stereocenters. The van der Waals surface area contributed by atoms with Crippen LogP contribution in [0, 0.1) is 24.2 Å². The first-order valence-electron chi connectivity index (χ1n) is 6.40. The molecule has 2 unspecified atom stereocenters. The highest BCUT2D eigenvalue weighted by molar-refractivity contribution is 5.64. The van der Waals surface area contributed by atoms with Crippen molar-refractivity contribution in [1.82, 2.24) is 0 Å². The summed E-state index contributed by atoms with van der Waals surface area (Å²) in [7, 11) is 0. The molecule has 0 amide bonds. The van der Waals surface area contributed by atoms with Crippen LogP contribution in [0.3, 0.4) is 0 Å². The molecule has 1 aliphatic rings. The minimum atomic E-state index is 0.541. The zero-order valence-corrected chi connectivity index (χ0v) is 10.9. The molecule has 90 valence electrons. The van der Waals surface area contributed by atoms with Crippen LogP contribution < -0.4 is 4.90 Å². The smallest absolute Gasteiger partial charge is 0.101 e. The predicted octanol–water partition coefficient (Wildman–Crippen LogP) is 3.49. The molecule has 0 saturated carbocycles. The Labute approximate surface area is 104 Å². The van der Waals surface area contributed by atoms with Gasteiger partial charge in [0.05, 0.1) is 11.3 Å². The zero-order valence-electron chi connectivity index (χ0n) is 10.9. The first-order valence-corrected chi connectivity index (χ1v) is 6.40. The molecule has 2 heteroatoms. The molecule has 1 fully saturated rings. The molecular formula is C15H20N2. The van der Waals surface area contributed by atoms with Crippen molar-refractivity contribution < 1.29 is 0 Å². The van der Waals surface area contributed by atoms with E-state index in [1.165, 1.54) is 18.4 Å². The quantitative estimate of drug-likeness (QED) is 0.735. The van der Waals surface area contributed by atoms with Gasteiger partial charge in [-0.25, -0.2) is 0 Å². The van der Waals surface area contributed by atoms with Crippen molar-refractivity contribution in [3.05, 3.63) is 29.3 Å². The molecule has 1 heterocycles. The third-order valence-electron chi connectivity index (χ3n) is 3.76. The number of para-hydroxylation sites is 1. The Hall–Kier alpha value is -1.49. The average Bonchev–Trinajstić information content (AvgIpc) is 2.32. The Morgan fingerprint density at radius 3 is 2.76 bits per heavy atom. The van der Waals surface area contributed by atoms with Crippen molar-refractivity contribution in [2.24, 2.45) is 5.92 Å². The number of nitriles is 1. The molecule has 17 heavy (non-hydrogen) atoms. The summed E-state index contributed by atoms with van der Waals surface area (Å²) in [5.74, 6) is 0.720. The first kappa shape index (κ1) is 12.0. The largest absolute Gasteiger partial charge is 0.367 e. The van der Waals surface area contributed by atoms with Crippen LogP contribution in [-0.4, -0.2) is 12.6 Å². The number of anilines is 1. The lowest BCUT2D eigenvalue weighted by Gasteiger charge is -2.39. The van der Waals surface area contributed by atoms with E-state index in [1.807, 2.05) is 12.1 Å². The first-order chi connectivity index (χ1) is 8.13. The number of hydrogen-bond donors (Lipinski definition) is 0. The molecular weight excluding hydrogens is 208 g/mol. The third-order valence-corrected chi connectivity index (χ3v) is 3.76. The van der Waals surface area contributed by atoms with Crippen LogP contribution in [0.4, 0.5) is 5.69 Å². The van der Waals surface area contributed by atoms with Crippen molar-refractivity contribution in [3.8, 4) is 6.07 Å². The molecule has 1 aromatic carbocycles. The van der Waals surface area contributed by atoms with Crippen molar-refractivity contribution in [2.45, 2.75) is 39.7 Å². The fourth-order valence-corrected chi connectivity index (χ4v) is 2.73. The highest BCUT2D eigenvalue weighted by Crippen LogP contribution is 2.32. The predicted molar refractivity (Wildman–Crippen MR) is 71.1 cm³/mol. The molecule has 0 aromatic heterocycles. The SMILES string of the molecule is Cc1cccc(C#N)c1N1CC(C)CCC1C. The van der Waals surface area contributed by atoms with Crippen molar-refractivity contribution in [3.63, 3.8) is 0 Å². The van der Waals surface area contributed by atoms with Crippen LogP contribution in [0.2, 0.25) is 0 Å². The third kappa shape index (κ3) is 2.29. The van der Waals surface area contributed by atoms with Crippen molar-refractivity contribution in [2.75, 3.05) is 11.4 Å². The van der Waals surface area contributed by atoms with E-state index in [2.05, 4.69) is 37.8 Å². The molecule has 1 saturated heterocycles. The lowest BCUT2D eigenvalue weighted by molar-refractivity contribution is 0.390. The summed E-state index contributed by atoms with van der Waals surface area (Å²) in [5.41, 5.74) is 3.17. The van der Waals surface area contributed by atoms with Gasteiger partial charge in [-0.3, -0.25) is 0 Å². The van der Waals surface area contributed by atoms with Gasteiger partial charge in [-0.05, 0) is 44.2 Å². The van der Waals surface area contributed by atoms with Gasteiger partial charge in [0.15, 0.2) is 0 Å². The molecule has 2 rings (SSSR count). The fraction of sp³-hybridized carbons (Fsp3) is 0.533. The number of aryl methyl sites for hydroxylation is 1. The highest BCUT2D eigenvalue weighted by atomic mass is 15.2. The maximum atomic E-state index is 9.25. The van der Waals surface area contributed by atoms with Crippen LogP contribution in [0.5, 0.6) is 0 Å². The fourth-order valence-electron chi connectivity index (χ4n) is 2.73. The molecule has 0 bridgehead atoms. The molecule has 0 N–H and O–H groups in total. The normalized spacial score (nSPS) is 24.5. The Balaban J connectivity index is 2.42. The van der Waals surface area contributed by atoms with Gasteiger partial charge in [-0.1, -0.05) is 19.1 Å². The van der Waals surface area contributed by atoms with Gasteiger partial charge < -0.3 is 4.90 Å². The highest BCUT2D eigenvalue weighted by Gasteiger charge is 2.25. The van der Waals surface area contributed by atoms with Gasteiger partial charge in [-0.2, -0.15) is 5.26 Å². The van der Waals surface area contributed by atoms with Crippen LogP contribution in [0.1, 0.15) is 37.8 Å². The average molecular weight is 228 g/mol. The molecule has 1 aromatic rings. The second kappa shape index (κ2) is 4.79. The Morgan fingerprint density at radius 1 is 1.29 bits per heavy atom. The summed E-state index contributed by atoms with van der Waals surface area (Å²) in [5, 5.41) is 9.25. The van der Waals surface area contributed by atoms with E-state index in [-0.39, 0.29) is 0 Å². The summed E-state index contributed by atoms with van der Waals surface area (Å²) in [6, 6.07) is 8.86. The summed E-state index contributed by atoms with van der Waals surface area (Å²) in [6.45, 7) is 7.73. The lowest BCUT2D eigenvalue weighted by atomic mass is 9.93. The summed E-state index contributed by atoms with van der Waals surface area (Å²) in [4.78, 5) is 2.42. The summed E-state index contributed by atoms with van der Waals surface area (Å²) in [6.07, 6.45) is 2.52. The van der Waals surface area contributed by atoms with Gasteiger partial charge >= 0.3 is 0 Å². The Kier molecular flexibility index (Phi) is 3.38. The molecule has 0 aliphatic carbocycles. The van der Waals surface area contributed by atoms with Gasteiger partial charge in [0.25, 0.3) is 0 Å². The number of nitrogens with zero attached hydrogens (tertiary/aromatic N) is 2. The summed E-state index contributed by atoms with van der Waals surface area (Å²) < 4.78 is 0. The number of rotatable bonds is 1.